The van der Waals surface area contributed by atoms with Crippen molar-refractivity contribution in [1.82, 2.24) is 4.98 Å². The van der Waals surface area contributed by atoms with Crippen molar-refractivity contribution in [3.63, 3.8) is 0 Å². The van der Waals surface area contributed by atoms with Gasteiger partial charge in [0.05, 0.1) is 13.0 Å². The first-order chi connectivity index (χ1) is 8.86. The maximum Gasteiger partial charge on any atom is 0.406 e. The molecule has 104 valence electrons. The monoisotopic (exact) mass is 276 g/mol. The van der Waals surface area contributed by atoms with E-state index in [0.717, 1.165) is 6.07 Å². The maximum absolute atomic E-state index is 12.7. The van der Waals surface area contributed by atoms with E-state index < -0.39 is 41.0 Å². The van der Waals surface area contributed by atoms with Crippen LogP contribution in [0.1, 0.15) is 24.6 Å². The number of aromatic nitrogens is 1. The van der Waals surface area contributed by atoms with Crippen molar-refractivity contribution >= 4 is 11.8 Å². The number of ether oxygens (including phenoxy) is 1. The van der Waals surface area contributed by atoms with E-state index in [2.05, 4.69) is 9.72 Å². The van der Waals surface area contributed by atoms with Crippen LogP contribution in [0.3, 0.4) is 0 Å². The molecule has 7 nitrogen and oxygen atoms in total. The Labute approximate surface area is 106 Å². The Balaban J connectivity index is 3.19. The SMILES string of the molecule is CCOC(=O)Cc1cc(O)c([N+](=O)[O-])nc1C(F)F. The van der Waals surface area contributed by atoms with Gasteiger partial charge in [0.15, 0.2) is 0 Å². The van der Waals surface area contributed by atoms with Crippen LogP contribution in [-0.2, 0) is 16.0 Å². The second kappa shape index (κ2) is 6.03. The van der Waals surface area contributed by atoms with Gasteiger partial charge in [0.25, 0.3) is 0 Å². The fraction of sp³-hybridized carbons (Fsp3) is 0.400. The average molecular weight is 276 g/mol. The number of alkyl halides is 2. The van der Waals surface area contributed by atoms with Gasteiger partial charge in [-0.1, -0.05) is 0 Å². The summed E-state index contributed by atoms with van der Waals surface area (Å²) in [5.74, 6) is -2.75. The number of aromatic hydroxyl groups is 1. The average Bonchev–Trinajstić information content (AvgIpc) is 2.28. The first kappa shape index (κ1) is 14.7. The third kappa shape index (κ3) is 3.57. The number of carbonyl (C=O) groups is 1. The van der Waals surface area contributed by atoms with Gasteiger partial charge in [0, 0.05) is 5.56 Å². The van der Waals surface area contributed by atoms with Gasteiger partial charge < -0.3 is 20.0 Å². The molecule has 1 aromatic heterocycles. The van der Waals surface area contributed by atoms with Crippen molar-refractivity contribution in [3.05, 3.63) is 27.4 Å². The van der Waals surface area contributed by atoms with Gasteiger partial charge >= 0.3 is 18.2 Å². The molecule has 0 atom stereocenters. The Morgan fingerprint density at radius 1 is 1.63 bits per heavy atom. The Morgan fingerprint density at radius 3 is 2.74 bits per heavy atom. The molecule has 0 aliphatic carbocycles. The van der Waals surface area contributed by atoms with Crippen molar-refractivity contribution in [2.75, 3.05) is 6.61 Å². The lowest BCUT2D eigenvalue weighted by Crippen LogP contribution is -2.11. The molecule has 0 unspecified atom stereocenters. The van der Waals surface area contributed by atoms with Crippen LogP contribution in [0.5, 0.6) is 5.75 Å². The van der Waals surface area contributed by atoms with Crippen LogP contribution in [0.2, 0.25) is 0 Å². The van der Waals surface area contributed by atoms with E-state index in [-0.39, 0.29) is 12.2 Å². The number of carbonyl (C=O) groups excluding carboxylic acids is 1. The zero-order valence-corrected chi connectivity index (χ0v) is 9.80. The number of hydrogen-bond acceptors (Lipinski definition) is 6. The van der Waals surface area contributed by atoms with E-state index in [1.165, 1.54) is 6.92 Å². The van der Waals surface area contributed by atoms with Gasteiger partial charge in [0.1, 0.15) is 0 Å². The number of esters is 1. The van der Waals surface area contributed by atoms with Crippen LogP contribution in [0.15, 0.2) is 6.07 Å². The molecule has 0 aliphatic rings. The second-order valence-corrected chi connectivity index (χ2v) is 3.42. The highest BCUT2D eigenvalue weighted by Gasteiger charge is 2.28. The third-order valence-electron chi connectivity index (χ3n) is 2.12. The summed E-state index contributed by atoms with van der Waals surface area (Å²) in [6.45, 7) is 1.60. The lowest BCUT2D eigenvalue weighted by atomic mass is 10.1. The number of hydrogen-bond donors (Lipinski definition) is 1. The minimum absolute atomic E-state index is 0.0647. The van der Waals surface area contributed by atoms with Gasteiger partial charge in [-0.2, -0.15) is 0 Å². The zero-order valence-electron chi connectivity index (χ0n) is 9.80. The molecule has 9 heteroatoms. The van der Waals surface area contributed by atoms with Crippen molar-refractivity contribution in [2.45, 2.75) is 19.8 Å². The number of halogens is 2. The van der Waals surface area contributed by atoms with E-state index in [4.69, 9.17) is 0 Å². The highest BCUT2D eigenvalue weighted by atomic mass is 19.3. The fourth-order valence-corrected chi connectivity index (χ4v) is 1.38. The Morgan fingerprint density at radius 2 is 2.26 bits per heavy atom. The first-order valence-electron chi connectivity index (χ1n) is 5.17. The summed E-state index contributed by atoms with van der Waals surface area (Å²) in [5, 5.41) is 19.8. The molecule has 0 aliphatic heterocycles. The van der Waals surface area contributed by atoms with Gasteiger partial charge in [-0.3, -0.25) is 4.79 Å². The van der Waals surface area contributed by atoms with Crippen molar-refractivity contribution in [1.29, 1.82) is 0 Å². The molecule has 0 radical (unpaired) electrons. The molecule has 0 fully saturated rings. The summed E-state index contributed by atoms with van der Waals surface area (Å²) >= 11 is 0. The summed E-state index contributed by atoms with van der Waals surface area (Å²) in [5.41, 5.74) is -1.23. The van der Waals surface area contributed by atoms with E-state index in [1.807, 2.05) is 0 Å². The smallest absolute Gasteiger partial charge is 0.406 e. The summed E-state index contributed by atoms with van der Waals surface area (Å²) in [7, 11) is 0. The standard InChI is InChI=1S/C10H10F2N2O5/c1-2-19-7(16)4-5-3-6(15)10(14(17)18)13-8(5)9(11)12/h3,9,15H,2,4H2,1H3. The van der Waals surface area contributed by atoms with Crippen LogP contribution < -0.4 is 0 Å². The zero-order chi connectivity index (χ0) is 14.6. The predicted octanol–water partition coefficient (Wildman–Crippen LogP) is 1.74. The molecule has 0 spiro atoms. The first-order valence-corrected chi connectivity index (χ1v) is 5.17. The second-order valence-electron chi connectivity index (χ2n) is 3.42. The van der Waals surface area contributed by atoms with Crippen LogP contribution in [0, 0.1) is 10.1 Å². The molecule has 19 heavy (non-hydrogen) atoms. The Kier molecular flexibility index (Phi) is 4.67. The Hall–Kier alpha value is -2.32. The highest BCUT2D eigenvalue weighted by molar-refractivity contribution is 5.73. The summed E-state index contributed by atoms with van der Waals surface area (Å²) in [6, 6.07) is 0.726. The highest BCUT2D eigenvalue weighted by Crippen LogP contribution is 2.31. The molecule has 1 heterocycles. The van der Waals surface area contributed by atoms with Gasteiger partial charge in [0.2, 0.25) is 11.4 Å². The van der Waals surface area contributed by atoms with E-state index in [1.54, 1.807) is 0 Å². The topological polar surface area (TPSA) is 103 Å². The lowest BCUT2D eigenvalue weighted by Gasteiger charge is -2.06. The minimum Gasteiger partial charge on any atom is -0.501 e. The molecule has 0 amide bonds. The largest absolute Gasteiger partial charge is 0.501 e. The number of pyridine rings is 1. The third-order valence-corrected chi connectivity index (χ3v) is 2.12. The molecule has 0 aromatic carbocycles. The van der Waals surface area contributed by atoms with Gasteiger partial charge in [-0.15, -0.1) is 0 Å². The molecular formula is C10H10F2N2O5. The number of rotatable bonds is 5. The maximum atomic E-state index is 12.7. The molecule has 1 aromatic rings. The minimum atomic E-state index is -3.11. The summed E-state index contributed by atoms with van der Waals surface area (Å²) in [6.07, 6.45) is -3.66. The Bertz CT molecular complexity index is 507. The van der Waals surface area contributed by atoms with E-state index >= 15 is 0 Å². The van der Waals surface area contributed by atoms with Crippen molar-refractivity contribution in [2.24, 2.45) is 0 Å². The fourth-order valence-electron chi connectivity index (χ4n) is 1.38. The molecule has 0 saturated carbocycles. The summed E-state index contributed by atoms with van der Waals surface area (Å²) < 4.78 is 30.0. The van der Waals surface area contributed by atoms with Crippen molar-refractivity contribution in [3.8, 4) is 5.75 Å². The normalized spacial score (nSPS) is 10.5. The predicted molar refractivity (Wildman–Crippen MR) is 57.9 cm³/mol. The van der Waals surface area contributed by atoms with E-state index in [0.29, 0.717) is 0 Å². The number of nitrogens with zero attached hydrogens (tertiary/aromatic N) is 2. The van der Waals surface area contributed by atoms with Crippen LogP contribution >= 0.6 is 0 Å². The quantitative estimate of drug-likeness (QED) is 0.499. The van der Waals surface area contributed by atoms with Crippen LogP contribution in [-0.4, -0.2) is 27.6 Å². The molecule has 1 N–H and O–H groups in total. The summed E-state index contributed by atoms with van der Waals surface area (Å²) in [4.78, 5) is 23.7. The molecule has 0 bridgehead atoms. The van der Waals surface area contributed by atoms with Crippen LogP contribution in [0.25, 0.3) is 0 Å². The molecule has 0 saturated heterocycles. The van der Waals surface area contributed by atoms with Crippen molar-refractivity contribution < 1.29 is 28.3 Å². The number of nitro groups is 1. The van der Waals surface area contributed by atoms with E-state index in [9.17, 15) is 28.8 Å². The molecule has 1 rings (SSSR count). The van der Waals surface area contributed by atoms with Gasteiger partial charge in [-0.25, -0.2) is 8.78 Å². The molecular weight excluding hydrogens is 266 g/mol. The van der Waals surface area contributed by atoms with Crippen LogP contribution in [0.4, 0.5) is 14.6 Å². The lowest BCUT2D eigenvalue weighted by molar-refractivity contribution is -0.390. The van der Waals surface area contributed by atoms with Gasteiger partial charge in [-0.05, 0) is 22.9 Å².